The number of rotatable bonds is 3. The van der Waals surface area contributed by atoms with Gasteiger partial charge in [0.15, 0.2) is 4.88 Å². The molecular formula is C12H10O3S. The van der Waals surface area contributed by atoms with E-state index in [0.717, 1.165) is 10.4 Å². The van der Waals surface area contributed by atoms with Crippen LogP contribution in [0.1, 0.15) is 9.67 Å². The standard InChI is InChI=1S/C12H10O3S/c1-15-9-7-10(16-11(9)12(13)14)8-5-3-2-4-6-8/h2-7H,1H3,(H,13,14). The number of benzene rings is 1. The molecule has 0 bridgehead atoms. The van der Waals surface area contributed by atoms with E-state index < -0.39 is 5.97 Å². The van der Waals surface area contributed by atoms with Gasteiger partial charge in [0, 0.05) is 4.88 Å². The van der Waals surface area contributed by atoms with Crippen LogP contribution in [-0.2, 0) is 0 Å². The number of hydrogen-bond acceptors (Lipinski definition) is 3. The summed E-state index contributed by atoms with van der Waals surface area (Å²) in [5.41, 5.74) is 0.998. The lowest BCUT2D eigenvalue weighted by atomic mass is 10.2. The fourth-order valence-corrected chi connectivity index (χ4v) is 2.39. The van der Waals surface area contributed by atoms with Crippen molar-refractivity contribution >= 4 is 17.3 Å². The lowest BCUT2D eigenvalue weighted by molar-refractivity contribution is 0.0699. The van der Waals surface area contributed by atoms with Crippen LogP contribution in [0.25, 0.3) is 10.4 Å². The Kier molecular flexibility index (Phi) is 2.92. The Morgan fingerprint density at radius 3 is 2.50 bits per heavy atom. The van der Waals surface area contributed by atoms with Gasteiger partial charge in [0.2, 0.25) is 0 Å². The van der Waals surface area contributed by atoms with Crippen LogP contribution in [0.3, 0.4) is 0 Å². The van der Waals surface area contributed by atoms with Crippen LogP contribution in [0, 0.1) is 0 Å². The van der Waals surface area contributed by atoms with E-state index in [4.69, 9.17) is 9.84 Å². The molecule has 0 fully saturated rings. The Balaban J connectivity index is 2.48. The van der Waals surface area contributed by atoms with E-state index in [1.54, 1.807) is 6.07 Å². The Hall–Kier alpha value is -1.81. The quantitative estimate of drug-likeness (QED) is 0.887. The summed E-state index contributed by atoms with van der Waals surface area (Å²) in [6.07, 6.45) is 0. The summed E-state index contributed by atoms with van der Waals surface area (Å²) in [6, 6.07) is 11.4. The molecule has 0 radical (unpaired) electrons. The van der Waals surface area contributed by atoms with E-state index in [1.807, 2.05) is 30.3 Å². The van der Waals surface area contributed by atoms with Gasteiger partial charge in [0.25, 0.3) is 0 Å². The molecule has 1 N–H and O–H groups in total. The fraction of sp³-hybridized carbons (Fsp3) is 0.0833. The highest BCUT2D eigenvalue weighted by Gasteiger charge is 2.16. The first-order valence-electron chi connectivity index (χ1n) is 4.69. The number of thiophene rings is 1. The maximum Gasteiger partial charge on any atom is 0.349 e. The van der Waals surface area contributed by atoms with Crippen molar-refractivity contribution in [2.24, 2.45) is 0 Å². The first-order chi connectivity index (χ1) is 7.72. The molecule has 2 aromatic rings. The van der Waals surface area contributed by atoms with Gasteiger partial charge >= 0.3 is 5.97 Å². The van der Waals surface area contributed by atoms with Gasteiger partial charge < -0.3 is 9.84 Å². The second-order valence-electron chi connectivity index (χ2n) is 3.18. The van der Waals surface area contributed by atoms with Crippen molar-refractivity contribution in [3.05, 3.63) is 41.3 Å². The lowest BCUT2D eigenvalue weighted by Gasteiger charge is -1.94. The van der Waals surface area contributed by atoms with Crippen LogP contribution < -0.4 is 4.74 Å². The van der Waals surface area contributed by atoms with Crippen LogP contribution >= 0.6 is 11.3 Å². The average molecular weight is 234 g/mol. The maximum absolute atomic E-state index is 11.0. The minimum absolute atomic E-state index is 0.237. The SMILES string of the molecule is COc1cc(-c2ccccc2)sc1C(=O)O. The molecule has 0 amide bonds. The predicted molar refractivity (Wildman–Crippen MR) is 63.3 cm³/mol. The zero-order valence-electron chi connectivity index (χ0n) is 8.64. The Morgan fingerprint density at radius 2 is 2.00 bits per heavy atom. The highest BCUT2D eigenvalue weighted by molar-refractivity contribution is 7.17. The number of carbonyl (C=O) groups is 1. The van der Waals surface area contributed by atoms with Gasteiger partial charge in [-0.1, -0.05) is 30.3 Å². The normalized spacial score (nSPS) is 10.1. The molecule has 0 atom stereocenters. The molecule has 1 aromatic carbocycles. The average Bonchev–Trinajstić information content (AvgIpc) is 2.74. The lowest BCUT2D eigenvalue weighted by Crippen LogP contribution is -1.94. The van der Waals surface area contributed by atoms with E-state index >= 15 is 0 Å². The Morgan fingerprint density at radius 1 is 1.31 bits per heavy atom. The molecule has 0 saturated carbocycles. The number of hydrogen-bond donors (Lipinski definition) is 1. The molecule has 1 heterocycles. The summed E-state index contributed by atoms with van der Waals surface area (Å²) < 4.78 is 5.04. The summed E-state index contributed by atoms with van der Waals surface area (Å²) in [4.78, 5) is 12.1. The summed E-state index contributed by atoms with van der Waals surface area (Å²) in [5.74, 6) is -0.541. The smallest absolute Gasteiger partial charge is 0.349 e. The molecule has 3 nitrogen and oxygen atoms in total. The topological polar surface area (TPSA) is 46.5 Å². The van der Waals surface area contributed by atoms with E-state index in [0.29, 0.717) is 5.75 Å². The van der Waals surface area contributed by atoms with Crippen molar-refractivity contribution in [2.75, 3.05) is 7.11 Å². The second kappa shape index (κ2) is 4.37. The van der Waals surface area contributed by atoms with Crippen molar-refractivity contribution in [3.8, 4) is 16.2 Å². The first-order valence-corrected chi connectivity index (χ1v) is 5.50. The number of methoxy groups -OCH3 is 1. The van der Waals surface area contributed by atoms with Gasteiger partial charge in [-0.2, -0.15) is 0 Å². The van der Waals surface area contributed by atoms with Gasteiger partial charge in [-0.3, -0.25) is 0 Å². The van der Waals surface area contributed by atoms with Crippen LogP contribution in [0.15, 0.2) is 36.4 Å². The third-order valence-electron chi connectivity index (χ3n) is 2.17. The number of carboxylic acid groups (broad SMARTS) is 1. The molecule has 1 aromatic heterocycles. The van der Waals surface area contributed by atoms with Crippen LogP contribution in [0.5, 0.6) is 5.75 Å². The number of aromatic carboxylic acids is 1. The molecule has 0 aliphatic heterocycles. The second-order valence-corrected chi connectivity index (χ2v) is 4.23. The number of ether oxygens (including phenoxy) is 1. The molecule has 0 aliphatic rings. The van der Waals surface area contributed by atoms with Crippen LogP contribution in [0.2, 0.25) is 0 Å². The van der Waals surface area contributed by atoms with E-state index in [2.05, 4.69) is 0 Å². The molecule has 0 aliphatic carbocycles. The van der Waals surface area contributed by atoms with E-state index in [1.165, 1.54) is 18.4 Å². The molecular weight excluding hydrogens is 224 g/mol. The van der Waals surface area contributed by atoms with Crippen molar-refractivity contribution in [1.29, 1.82) is 0 Å². The van der Waals surface area contributed by atoms with Crippen LogP contribution in [0.4, 0.5) is 0 Å². The van der Waals surface area contributed by atoms with Gasteiger partial charge in [0.05, 0.1) is 7.11 Å². The van der Waals surface area contributed by atoms with Gasteiger partial charge in [0.1, 0.15) is 5.75 Å². The summed E-state index contributed by atoms with van der Waals surface area (Å²) >= 11 is 1.22. The highest BCUT2D eigenvalue weighted by Crippen LogP contribution is 2.35. The van der Waals surface area contributed by atoms with Gasteiger partial charge in [-0.15, -0.1) is 11.3 Å². The minimum atomic E-state index is -0.955. The van der Waals surface area contributed by atoms with Crippen molar-refractivity contribution < 1.29 is 14.6 Å². The largest absolute Gasteiger partial charge is 0.495 e. The Bertz CT molecular complexity index is 502. The van der Waals surface area contributed by atoms with Crippen molar-refractivity contribution in [1.82, 2.24) is 0 Å². The molecule has 16 heavy (non-hydrogen) atoms. The first kappa shape index (κ1) is 10.7. The third kappa shape index (κ3) is 1.92. The third-order valence-corrected chi connectivity index (χ3v) is 3.32. The summed E-state index contributed by atoms with van der Waals surface area (Å²) in [6.45, 7) is 0. The van der Waals surface area contributed by atoms with Gasteiger partial charge in [-0.25, -0.2) is 4.79 Å². The van der Waals surface area contributed by atoms with Crippen LogP contribution in [-0.4, -0.2) is 18.2 Å². The molecule has 82 valence electrons. The molecule has 0 saturated heterocycles. The molecule has 2 rings (SSSR count). The van der Waals surface area contributed by atoms with Crippen molar-refractivity contribution in [2.45, 2.75) is 0 Å². The molecule has 0 unspecified atom stereocenters. The van der Waals surface area contributed by atoms with E-state index in [9.17, 15) is 4.79 Å². The monoisotopic (exact) mass is 234 g/mol. The minimum Gasteiger partial charge on any atom is -0.495 e. The number of carboxylic acids is 1. The summed E-state index contributed by atoms with van der Waals surface area (Å²) in [5, 5.41) is 8.99. The fourth-order valence-electron chi connectivity index (χ4n) is 1.42. The molecule has 0 spiro atoms. The summed E-state index contributed by atoms with van der Waals surface area (Å²) in [7, 11) is 1.48. The predicted octanol–water partition coefficient (Wildman–Crippen LogP) is 3.12. The maximum atomic E-state index is 11.0. The Labute approximate surface area is 96.9 Å². The molecule has 4 heteroatoms. The van der Waals surface area contributed by atoms with Crippen molar-refractivity contribution in [3.63, 3.8) is 0 Å². The highest BCUT2D eigenvalue weighted by atomic mass is 32.1. The zero-order valence-corrected chi connectivity index (χ0v) is 9.45. The zero-order chi connectivity index (χ0) is 11.5. The van der Waals surface area contributed by atoms with E-state index in [-0.39, 0.29) is 4.88 Å². The van der Waals surface area contributed by atoms with Gasteiger partial charge in [-0.05, 0) is 11.6 Å².